The molecule has 1 aliphatic carbocycles. The lowest BCUT2D eigenvalue weighted by atomic mass is 9.82. The molecule has 0 aliphatic heterocycles. The molecule has 1 rings (SSSR count). The molecule has 0 bridgehead atoms. The van der Waals surface area contributed by atoms with Crippen LogP contribution >= 0.6 is 0 Å². The van der Waals surface area contributed by atoms with Crippen LogP contribution in [0.1, 0.15) is 71.6 Å². The van der Waals surface area contributed by atoms with Gasteiger partial charge in [-0.25, -0.2) is 0 Å². The first kappa shape index (κ1) is 16.5. The van der Waals surface area contributed by atoms with Gasteiger partial charge in [-0.3, -0.25) is 4.79 Å². The standard InChI is InChI=1S/C16H31NO2/c1-3-16(4-2,15(18)19)13-17-12-8-11-14-9-6-5-7-10-14/h14,17H,3-13H2,1-2H3,(H,18,19). The van der Waals surface area contributed by atoms with E-state index in [0.717, 1.165) is 12.5 Å². The number of hydrogen-bond acceptors (Lipinski definition) is 2. The third-order valence-corrected chi connectivity index (χ3v) is 4.96. The molecule has 19 heavy (non-hydrogen) atoms. The van der Waals surface area contributed by atoms with Crippen molar-refractivity contribution in [1.82, 2.24) is 5.32 Å². The molecule has 1 fully saturated rings. The van der Waals surface area contributed by atoms with Gasteiger partial charge in [0.1, 0.15) is 0 Å². The zero-order valence-corrected chi connectivity index (χ0v) is 12.7. The van der Waals surface area contributed by atoms with Crippen LogP contribution in [0.4, 0.5) is 0 Å². The summed E-state index contributed by atoms with van der Waals surface area (Å²) in [4.78, 5) is 11.4. The summed E-state index contributed by atoms with van der Waals surface area (Å²) in [5.74, 6) is 0.273. The van der Waals surface area contributed by atoms with Gasteiger partial charge in [-0.2, -0.15) is 0 Å². The zero-order valence-electron chi connectivity index (χ0n) is 12.7. The van der Waals surface area contributed by atoms with Crippen molar-refractivity contribution in [3.8, 4) is 0 Å². The van der Waals surface area contributed by atoms with Crippen molar-refractivity contribution < 1.29 is 9.90 Å². The fraction of sp³-hybridized carbons (Fsp3) is 0.938. The van der Waals surface area contributed by atoms with Gasteiger partial charge in [0, 0.05) is 6.54 Å². The van der Waals surface area contributed by atoms with Gasteiger partial charge in [-0.05, 0) is 38.1 Å². The Kier molecular flexibility index (Phi) is 7.44. The quantitative estimate of drug-likeness (QED) is 0.625. The maximum Gasteiger partial charge on any atom is 0.310 e. The molecule has 0 unspecified atom stereocenters. The first-order chi connectivity index (χ1) is 9.14. The summed E-state index contributed by atoms with van der Waals surface area (Å²) in [7, 11) is 0. The van der Waals surface area contributed by atoms with E-state index in [2.05, 4.69) is 5.32 Å². The number of nitrogens with one attached hydrogen (secondary N) is 1. The number of carbonyl (C=O) groups is 1. The van der Waals surface area contributed by atoms with E-state index in [1.165, 1.54) is 44.9 Å². The number of carboxylic acids is 1. The van der Waals surface area contributed by atoms with Crippen LogP contribution in [-0.4, -0.2) is 24.2 Å². The maximum absolute atomic E-state index is 11.4. The van der Waals surface area contributed by atoms with Gasteiger partial charge in [-0.1, -0.05) is 46.0 Å². The molecule has 0 saturated heterocycles. The summed E-state index contributed by atoms with van der Waals surface area (Å²) >= 11 is 0. The Hall–Kier alpha value is -0.570. The van der Waals surface area contributed by atoms with Gasteiger partial charge in [0.2, 0.25) is 0 Å². The van der Waals surface area contributed by atoms with Crippen molar-refractivity contribution in [3.05, 3.63) is 0 Å². The normalized spacial score (nSPS) is 17.6. The minimum Gasteiger partial charge on any atom is -0.481 e. The Morgan fingerprint density at radius 2 is 1.84 bits per heavy atom. The monoisotopic (exact) mass is 269 g/mol. The third kappa shape index (κ3) is 5.13. The van der Waals surface area contributed by atoms with E-state index >= 15 is 0 Å². The fourth-order valence-corrected chi connectivity index (χ4v) is 3.20. The Balaban J connectivity index is 2.16. The van der Waals surface area contributed by atoms with Gasteiger partial charge in [0.15, 0.2) is 0 Å². The molecular weight excluding hydrogens is 238 g/mol. The van der Waals surface area contributed by atoms with Crippen molar-refractivity contribution >= 4 is 5.97 Å². The van der Waals surface area contributed by atoms with E-state index in [1.54, 1.807) is 0 Å². The lowest BCUT2D eigenvalue weighted by molar-refractivity contribution is -0.149. The number of carboxylic acid groups (broad SMARTS) is 1. The summed E-state index contributed by atoms with van der Waals surface area (Å²) in [5.41, 5.74) is -0.565. The molecule has 112 valence electrons. The molecule has 0 heterocycles. The smallest absolute Gasteiger partial charge is 0.310 e. The second-order valence-corrected chi connectivity index (χ2v) is 6.12. The molecule has 0 amide bonds. The molecule has 3 heteroatoms. The van der Waals surface area contributed by atoms with Crippen LogP contribution < -0.4 is 5.32 Å². The van der Waals surface area contributed by atoms with E-state index in [-0.39, 0.29) is 0 Å². The molecule has 0 aromatic carbocycles. The van der Waals surface area contributed by atoms with Gasteiger partial charge >= 0.3 is 5.97 Å². The van der Waals surface area contributed by atoms with E-state index < -0.39 is 11.4 Å². The van der Waals surface area contributed by atoms with E-state index in [9.17, 15) is 9.90 Å². The average Bonchev–Trinajstić information content (AvgIpc) is 2.44. The molecule has 1 aliphatic rings. The van der Waals surface area contributed by atoms with Crippen LogP contribution in [0.15, 0.2) is 0 Å². The minimum absolute atomic E-state index is 0.565. The second-order valence-electron chi connectivity index (χ2n) is 6.12. The first-order valence-corrected chi connectivity index (χ1v) is 8.08. The maximum atomic E-state index is 11.4. The highest BCUT2D eigenvalue weighted by molar-refractivity contribution is 5.74. The highest BCUT2D eigenvalue weighted by Crippen LogP contribution is 2.27. The van der Waals surface area contributed by atoms with E-state index in [4.69, 9.17) is 0 Å². The summed E-state index contributed by atoms with van der Waals surface area (Å²) < 4.78 is 0. The lowest BCUT2D eigenvalue weighted by Gasteiger charge is -2.27. The predicted molar refractivity (Wildman–Crippen MR) is 79.3 cm³/mol. The van der Waals surface area contributed by atoms with E-state index in [1.807, 2.05) is 13.8 Å². The van der Waals surface area contributed by atoms with Crippen molar-refractivity contribution in [2.75, 3.05) is 13.1 Å². The van der Waals surface area contributed by atoms with Crippen LogP contribution in [0.5, 0.6) is 0 Å². The van der Waals surface area contributed by atoms with Crippen molar-refractivity contribution in [3.63, 3.8) is 0 Å². The number of rotatable bonds is 9. The Morgan fingerprint density at radius 1 is 1.21 bits per heavy atom. The van der Waals surface area contributed by atoms with Crippen LogP contribution in [0.25, 0.3) is 0 Å². The molecule has 0 atom stereocenters. The van der Waals surface area contributed by atoms with Crippen LogP contribution in [-0.2, 0) is 4.79 Å². The highest BCUT2D eigenvalue weighted by Gasteiger charge is 2.34. The van der Waals surface area contributed by atoms with Gasteiger partial charge in [0.05, 0.1) is 5.41 Å². The van der Waals surface area contributed by atoms with Crippen molar-refractivity contribution in [2.24, 2.45) is 11.3 Å². The SMILES string of the molecule is CCC(CC)(CNCCCC1CCCCC1)C(=O)O. The van der Waals surface area contributed by atoms with Crippen LogP contribution in [0, 0.1) is 11.3 Å². The molecule has 0 aromatic heterocycles. The van der Waals surface area contributed by atoms with E-state index in [0.29, 0.717) is 19.4 Å². The third-order valence-electron chi connectivity index (χ3n) is 4.96. The Labute approximate surface area is 118 Å². The average molecular weight is 269 g/mol. The molecule has 0 radical (unpaired) electrons. The highest BCUT2D eigenvalue weighted by atomic mass is 16.4. The lowest BCUT2D eigenvalue weighted by Crippen LogP contribution is -2.40. The molecular formula is C16H31NO2. The summed E-state index contributed by atoms with van der Waals surface area (Å²) in [6.45, 7) is 5.52. The summed E-state index contributed by atoms with van der Waals surface area (Å²) in [6, 6.07) is 0. The minimum atomic E-state index is -0.655. The molecule has 0 aromatic rings. The fourth-order valence-electron chi connectivity index (χ4n) is 3.20. The van der Waals surface area contributed by atoms with Gasteiger partial charge in [-0.15, -0.1) is 0 Å². The Bertz CT molecular complexity index is 255. The second kappa shape index (κ2) is 8.57. The van der Waals surface area contributed by atoms with Gasteiger partial charge in [0.25, 0.3) is 0 Å². The van der Waals surface area contributed by atoms with Crippen LogP contribution in [0.2, 0.25) is 0 Å². The zero-order chi connectivity index (χ0) is 14.1. The van der Waals surface area contributed by atoms with Crippen molar-refractivity contribution in [2.45, 2.75) is 71.6 Å². The molecule has 1 saturated carbocycles. The predicted octanol–water partition coefficient (Wildman–Crippen LogP) is 3.83. The van der Waals surface area contributed by atoms with Crippen molar-refractivity contribution in [1.29, 1.82) is 0 Å². The molecule has 2 N–H and O–H groups in total. The number of hydrogen-bond donors (Lipinski definition) is 2. The first-order valence-electron chi connectivity index (χ1n) is 8.08. The molecule has 0 spiro atoms. The summed E-state index contributed by atoms with van der Waals surface area (Å²) in [6.07, 6.45) is 11.0. The largest absolute Gasteiger partial charge is 0.481 e. The topological polar surface area (TPSA) is 49.3 Å². The Morgan fingerprint density at radius 3 is 2.37 bits per heavy atom. The molecule has 3 nitrogen and oxygen atoms in total. The number of aliphatic carboxylic acids is 1. The van der Waals surface area contributed by atoms with Gasteiger partial charge < -0.3 is 10.4 Å². The summed E-state index contributed by atoms with van der Waals surface area (Å²) in [5, 5.41) is 12.7. The van der Waals surface area contributed by atoms with Crippen LogP contribution in [0.3, 0.4) is 0 Å².